The molecule has 2 heterocycles. The Morgan fingerprint density at radius 1 is 0.367 bits per heavy atom. The summed E-state index contributed by atoms with van der Waals surface area (Å²) in [7, 11) is 0. The molecule has 10 rings (SSSR count). The molecule has 0 spiro atoms. The third kappa shape index (κ3) is 4.51. The summed E-state index contributed by atoms with van der Waals surface area (Å²) in [6.45, 7) is 0. The van der Waals surface area contributed by atoms with Crippen molar-refractivity contribution in [2.24, 2.45) is 0 Å². The van der Waals surface area contributed by atoms with Gasteiger partial charge < -0.3 is 4.42 Å². The van der Waals surface area contributed by atoms with Crippen molar-refractivity contribution in [2.75, 3.05) is 0 Å². The van der Waals surface area contributed by atoms with Crippen LogP contribution in [-0.4, -0.2) is 9.97 Å². The van der Waals surface area contributed by atoms with Gasteiger partial charge in [0.15, 0.2) is 0 Å². The van der Waals surface area contributed by atoms with E-state index in [1.165, 1.54) is 10.8 Å². The highest BCUT2D eigenvalue weighted by atomic mass is 16.3. The molecule has 0 saturated heterocycles. The number of para-hydroxylation sites is 2. The standard InChI is InChI=1S/C46H28N2O/c1-3-20-39-36(17-1)37-18-2-4-21-40(37)45-44(39)47-28-42(48-45)34-16-9-14-32(27-34)30-12-7-11-29(25-30)31-13-8-15-33(26-31)35-22-10-23-41-38-19-5-6-24-43(38)49-46(35)41/h1-28H. The maximum absolute atomic E-state index is 6.36. The lowest BCUT2D eigenvalue weighted by Gasteiger charge is -2.11. The van der Waals surface area contributed by atoms with Crippen LogP contribution in [0.2, 0.25) is 0 Å². The zero-order chi connectivity index (χ0) is 32.3. The SMILES string of the molecule is c1cc(-c2cccc(-c3cnc4c5ccccc5c5ccccc5c4n3)c2)cc(-c2cccc(-c3cccc4c3oc3ccccc34)c2)c1. The normalized spacial score (nSPS) is 11.7. The largest absolute Gasteiger partial charge is 0.455 e. The molecule has 10 aromatic rings. The van der Waals surface area contributed by atoms with E-state index in [1.54, 1.807) is 0 Å². The number of fused-ring (bicyclic) bond motifs is 9. The summed E-state index contributed by atoms with van der Waals surface area (Å²) < 4.78 is 6.36. The third-order valence-corrected chi connectivity index (χ3v) is 9.69. The minimum absolute atomic E-state index is 0.860. The molecule has 0 unspecified atom stereocenters. The Kier molecular flexibility index (Phi) is 6.18. The molecule has 2 aromatic heterocycles. The lowest BCUT2D eigenvalue weighted by molar-refractivity contribution is 0.670. The van der Waals surface area contributed by atoms with Crippen LogP contribution < -0.4 is 0 Å². The van der Waals surface area contributed by atoms with E-state index in [1.807, 2.05) is 18.3 Å². The van der Waals surface area contributed by atoms with Crippen LogP contribution in [0.15, 0.2) is 174 Å². The van der Waals surface area contributed by atoms with Crippen molar-refractivity contribution in [1.82, 2.24) is 9.97 Å². The Morgan fingerprint density at radius 3 is 1.55 bits per heavy atom. The highest BCUT2D eigenvalue weighted by Crippen LogP contribution is 2.38. The maximum Gasteiger partial charge on any atom is 0.143 e. The van der Waals surface area contributed by atoms with Gasteiger partial charge in [0.25, 0.3) is 0 Å². The highest BCUT2D eigenvalue weighted by Gasteiger charge is 2.14. The Hall–Kier alpha value is -6.58. The van der Waals surface area contributed by atoms with E-state index in [0.29, 0.717) is 0 Å². The average Bonchev–Trinajstić information content (AvgIpc) is 3.57. The third-order valence-electron chi connectivity index (χ3n) is 9.69. The summed E-state index contributed by atoms with van der Waals surface area (Å²) in [6.07, 6.45) is 1.91. The van der Waals surface area contributed by atoms with E-state index in [0.717, 1.165) is 88.4 Å². The van der Waals surface area contributed by atoms with E-state index in [9.17, 15) is 0 Å². The molecule has 0 saturated carbocycles. The van der Waals surface area contributed by atoms with Gasteiger partial charge in [0.05, 0.1) is 22.9 Å². The molecule has 3 nitrogen and oxygen atoms in total. The molecule has 0 fully saturated rings. The molecule has 0 amide bonds. The van der Waals surface area contributed by atoms with Crippen molar-refractivity contribution in [2.45, 2.75) is 0 Å². The number of rotatable bonds is 4. The second-order valence-corrected chi connectivity index (χ2v) is 12.6. The summed E-state index contributed by atoms with van der Waals surface area (Å²) in [6, 6.07) is 57.7. The van der Waals surface area contributed by atoms with E-state index >= 15 is 0 Å². The second kappa shape index (κ2) is 11.0. The van der Waals surface area contributed by atoms with Crippen molar-refractivity contribution in [3.63, 3.8) is 0 Å². The first-order valence-electron chi connectivity index (χ1n) is 16.6. The highest BCUT2D eigenvalue weighted by molar-refractivity contribution is 6.23. The number of furan rings is 1. The predicted molar refractivity (Wildman–Crippen MR) is 204 cm³/mol. The zero-order valence-electron chi connectivity index (χ0n) is 26.5. The Bertz CT molecular complexity index is 2870. The summed E-state index contributed by atoms with van der Waals surface area (Å²) in [5, 5.41) is 6.92. The molecule has 0 atom stereocenters. The molecule has 0 N–H and O–H groups in total. The molecular weight excluding hydrogens is 597 g/mol. The van der Waals surface area contributed by atoms with Crippen molar-refractivity contribution in [1.29, 1.82) is 0 Å². The van der Waals surface area contributed by atoms with E-state index in [2.05, 4.69) is 152 Å². The van der Waals surface area contributed by atoms with Crippen LogP contribution in [-0.2, 0) is 0 Å². The number of benzene rings is 8. The molecule has 0 aliphatic rings. The van der Waals surface area contributed by atoms with Gasteiger partial charge in [0, 0.05) is 32.7 Å². The van der Waals surface area contributed by atoms with E-state index in [-0.39, 0.29) is 0 Å². The van der Waals surface area contributed by atoms with Crippen molar-refractivity contribution >= 4 is 54.5 Å². The Labute approximate surface area is 282 Å². The molecule has 0 bridgehead atoms. The first-order valence-corrected chi connectivity index (χ1v) is 16.6. The van der Waals surface area contributed by atoms with Crippen molar-refractivity contribution in [3.8, 4) is 44.6 Å². The first kappa shape index (κ1) is 27.5. The topological polar surface area (TPSA) is 38.9 Å². The number of aromatic nitrogens is 2. The van der Waals surface area contributed by atoms with Gasteiger partial charge in [-0.1, -0.05) is 140 Å². The van der Waals surface area contributed by atoms with Gasteiger partial charge in [-0.25, -0.2) is 4.98 Å². The summed E-state index contributed by atoms with van der Waals surface area (Å²) in [5.74, 6) is 0. The number of hydrogen-bond donors (Lipinski definition) is 0. The fraction of sp³-hybridized carbons (Fsp3) is 0. The fourth-order valence-corrected chi connectivity index (χ4v) is 7.34. The fourth-order valence-electron chi connectivity index (χ4n) is 7.34. The summed E-state index contributed by atoms with van der Waals surface area (Å²) >= 11 is 0. The van der Waals surface area contributed by atoms with Crippen LogP contribution in [0, 0.1) is 0 Å². The van der Waals surface area contributed by atoms with Crippen LogP contribution in [0.1, 0.15) is 0 Å². The second-order valence-electron chi connectivity index (χ2n) is 12.6. The van der Waals surface area contributed by atoms with Gasteiger partial charge in [0.2, 0.25) is 0 Å². The smallest absolute Gasteiger partial charge is 0.143 e. The molecule has 228 valence electrons. The van der Waals surface area contributed by atoms with Crippen LogP contribution in [0.25, 0.3) is 99.2 Å². The minimum atomic E-state index is 0.860. The Morgan fingerprint density at radius 2 is 0.857 bits per heavy atom. The molecular formula is C46H28N2O. The van der Waals surface area contributed by atoms with Gasteiger partial charge in [-0.15, -0.1) is 0 Å². The van der Waals surface area contributed by atoms with Gasteiger partial charge in [0.1, 0.15) is 11.2 Å². The van der Waals surface area contributed by atoms with E-state index < -0.39 is 0 Å². The molecule has 0 aliphatic carbocycles. The van der Waals surface area contributed by atoms with Gasteiger partial charge >= 0.3 is 0 Å². The average molecular weight is 625 g/mol. The summed E-state index contributed by atoms with van der Waals surface area (Å²) in [4.78, 5) is 10.2. The van der Waals surface area contributed by atoms with Gasteiger partial charge in [-0.3, -0.25) is 4.98 Å². The molecule has 49 heavy (non-hydrogen) atoms. The van der Waals surface area contributed by atoms with Crippen molar-refractivity contribution in [3.05, 3.63) is 170 Å². The summed E-state index contributed by atoms with van der Waals surface area (Å²) in [5.41, 5.74) is 12.4. The molecule has 0 aliphatic heterocycles. The van der Waals surface area contributed by atoms with Crippen LogP contribution >= 0.6 is 0 Å². The lowest BCUT2D eigenvalue weighted by atomic mass is 9.95. The number of nitrogens with zero attached hydrogens (tertiary/aromatic N) is 2. The van der Waals surface area contributed by atoms with Crippen LogP contribution in [0.4, 0.5) is 0 Å². The maximum atomic E-state index is 6.36. The van der Waals surface area contributed by atoms with E-state index in [4.69, 9.17) is 14.4 Å². The number of hydrogen-bond acceptors (Lipinski definition) is 3. The van der Waals surface area contributed by atoms with Crippen LogP contribution in [0.3, 0.4) is 0 Å². The first-order chi connectivity index (χ1) is 24.3. The minimum Gasteiger partial charge on any atom is -0.455 e. The molecule has 3 heteroatoms. The molecule has 8 aromatic carbocycles. The van der Waals surface area contributed by atoms with Gasteiger partial charge in [-0.2, -0.15) is 0 Å². The van der Waals surface area contributed by atoms with Crippen LogP contribution in [0.5, 0.6) is 0 Å². The lowest BCUT2D eigenvalue weighted by Crippen LogP contribution is -1.92. The predicted octanol–water partition coefficient (Wildman–Crippen LogP) is 12.5. The quantitative estimate of drug-likeness (QED) is 0.183. The van der Waals surface area contributed by atoms with Crippen molar-refractivity contribution < 1.29 is 4.42 Å². The molecule has 0 radical (unpaired) electrons. The zero-order valence-corrected chi connectivity index (χ0v) is 26.5. The van der Waals surface area contributed by atoms with Gasteiger partial charge in [-0.05, 0) is 62.9 Å². The Balaban J connectivity index is 1.04. The monoisotopic (exact) mass is 624 g/mol.